The Kier molecular flexibility index (Phi) is 7.70. The molecule has 5 rings (SSSR count). The maximum Gasteiger partial charge on any atom is 0.260 e. The summed E-state index contributed by atoms with van der Waals surface area (Å²) in [5, 5.41) is 0.523. The second-order valence-electron chi connectivity index (χ2n) is 9.03. The zero-order chi connectivity index (χ0) is 26.7. The summed E-state index contributed by atoms with van der Waals surface area (Å²) in [5.41, 5.74) is 1.92. The predicted octanol–water partition coefficient (Wildman–Crippen LogP) is 4.35. The molecule has 2 aromatic carbocycles. The molecule has 1 saturated heterocycles. The van der Waals surface area contributed by atoms with Crippen molar-refractivity contribution >= 4 is 42.6 Å². The van der Waals surface area contributed by atoms with E-state index in [-0.39, 0.29) is 23.5 Å². The van der Waals surface area contributed by atoms with Crippen molar-refractivity contribution < 1.29 is 22.7 Å². The topological polar surface area (TPSA) is 102 Å². The van der Waals surface area contributed by atoms with Crippen LogP contribution >= 0.6 is 11.3 Å². The highest BCUT2D eigenvalue weighted by molar-refractivity contribution is 7.89. The molecule has 0 N–H and O–H groups in total. The first-order valence-electron chi connectivity index (χ1n) is 12.2. The number of anilines is 1. The summed E-state index contributed by atoms with van der Waals surface area (Å²) in [6, 6.07) is 15.3. The molecule has 1 atom stereocenters. The van der Waals surface area contributed by atoms with Crippen molar-refractivity contribution in [2.75, 3.05) is 32.2 Å². The third-order valence-corrected chi connectivity index (χ3v) is 9.31. The number of thiazole rings is 1. The van der Waals surface area contributed by atoms with Crippen LogP contribution in [0.25, 0.3) is 10.2 Å². The lowest BCUT2D eigenvalue weighted by molar-refractivity contribution is 0.0978. The number of rotatable bonds is 9. The van der Waals surface area contributed by atoms with Crippen molar-refractivity contribution in [2.24, 2.45) is 0 Å². The molecular weight excluding hydrogens is 524 g/mol. The van der Waals surface area contributed by atoms with Crippen LogP contribution in [-0.2, 0) is 21.3 Å². The number of aromatic nitrogens is 2. The van der Waals surface area contributed by atoms with E-state index in [0.717, 1.165) is 28.6 Å². The zero-order valence-corrected chi connectivity index (χ0v) is 22.7. The van der Waals surface area contributed by atoms with Crippen molar-refractivity contribution in [1.29, 1.82) is 0 Å². The number of carbonyl (C=O) groups is 1. The first kappa shape index (κ1) is 26.2. The summed E-state index contributed by atoms with van der Waals surface area (Å²) in [5.74, 6) is 0.386. The largest absolute Gasteiger partial charge is 0.497 e. The van der Waals surface area contributed by atoms with Crippen LogP contribution in [0.5, 0.6) is 5.75 Å². The number of nitrogens with zero attached hydrogens (tertiary/aromatic N) is 4. The molecule has 2 aromatic heterocycles. The Bertz CT molecular complexity index is 1520. The molecule has 1 aliphatic heterocycles. The summed E-state index contributed by atoms with van der Waals surface area (Å²) in [6.45, 7) is 1.21. The smallest absolute Gasteiger partial charge is 0.260 e. The average molecular weight is 553 g/mol. The van der Waals surface area contributed by atoms with Gasteiger partial charge >= 0.3 is 0 Å². The van der Waals surface area contributed by atoms with Gasteiger partial charge in [0.05, 0.1) is 34.9 Å². The molecule has 9 nitrogen and oxygen atoms in total. The Hall–Kier alpha value is -3.38. The molecule has 0 radical (unpaired) electrons. The van der Waals surface area contributed by atoms with E-state index in [1.54, 1.807) is 43.6 Å². The van der Waals surface area contributed by atoms with Gasteiger partial charge < -0.3 is 9.47 Å². The zero-order valence-electron chi connectivity index (χ0n) is 21.1. The van der Waals surface area contributed by atoms with Crippen LogP contribution < -0.4 is 9.64 Å². The average Bonchev–Trinajstić information content (AvgIpc) is 3.61. The standard InChI is InChI=1S/C27H28N4O5S2/c1-30(18-22-6-4-14-36-22)38(33,34)23-10-7-20(8-11-23)26(32)31(17-19-5-3-13-28-16-19)27-29-24-15-21(35-2)9-12-25(24)37-27/h3,5,7-13,15-16,22H,4,6,14,17-18H2,1-2H3. The van der Waals surface area contributed by atoms with Gasteiger partial charge in [-0.25, -0.2) is 13.4 Å². The van der Waals surface area contributed by atoms with Crippen LogP contribution in [0.1, 0.15) is 28.8 Å². The van der Waals surface area contributed by atoms with E-state index in [2.05, 4.69) is 4.98 Å². The van der Waals surface area contributed by atoms with Crippen molar-refractivity contribution in [1.82, 2.24) is 14.3 Å². The molecule has 4 aromatic rings. The molecule has 11 heteroatoms. The molecular formula is C27H28N4O5S2. The Morgan fingerprint density at radius 3 is 2.68 bits per heavy atom. The normalized spacial score (nSPS) is 15.7. The van der Waals surface area contributed by atoms with Crippen LogP contribution in [0, 0.1) is 0 Å². The summed E-state index contributed by atoms with van der Waals surface area (Å²) in [4.78, 5) is 24.3. The Morgan fingerprint density at radius 1 is 1.18 bits per heavy atom. The van der Waals surface area contributed by atoms with Crippen LogP contribution in [0.15, 0.2) is 71.9 Å². The third kappa shape index (κ3) is 5.56. The summed E-state index contributed by atoms with van der Waals surface area (Å²) in [6.07, 6.45) is 5.07. The van der Waals surface area contributed by atoms with Crippen LogP contribution in [0.3, 0.4) is 0 Å². The van der Waals surface area contributed by atoms with Gasteiger partial charge in [-0.05, 0) is 60.9 Å². The number of benzene rings is 2. The number of amides is 1. The fraction of sp³-hybridized carbons (Fsp3) is 0.296. The minimum absolute atomic E-state index is 0.0922. The molecule has 3 heterocycles. The first-order valence-corrected chi connectivity index (χ1v) is 14.4. The van der Waals surface area contributed by atoms with Gasteiger partial charge in [0.2, 0.25) is 10.0 Å². The lowest BCUT2D eigenvalue weighted by Crippen LogP contribution is -2.34. The Labute approximate surface area is 225 Å². The number of ether oxygens (including phenoxy) is 2. The predicted molar refractivity (Wildman–Crippen MR) is 146 cm³/mol. The number of methoxy groups -OCH3 is 1. The maximum atomic E-state index is 13.7. The van der Waals surface area contributed by atoms with Gasteiger partial charge in [-0.15, -0.1) is 0 Å². The fourth-order valence-electron chi connectivity index (χ4n) is 4.32. The summed E-state index contributed by atoms with van der Waals surface area (Å²) >= 11 is 1.40. The van der Waals surface area contributed by atoms with Crippen molar-refractivity contribution in [3.63, 3.8) is 0 Å². The first-order chi connectivity index (χ1) is 18.3. The minimum atomic E-state index is -3.72. The number of carbonyl (C=O) groups excluding carboxylic acids is 1. The maximum absolute atomic E-state index is 13.7. The number of hydrogen-bond acceptors (Lipinski definition) is 8. The SMILES string of the molecule is COc1ccc2sc(N(Cc3cccnc3)C(=O)c3ccc(S(=O)(=O)N(C)CC4CCCO4)cc3)nc2c1. The summed E-state index contributed by atoms with van der Waals surface area (Å²) in [7, 11) is -0.572. The van der Waals surface area contributed by atoms with E-state index in [9.17, 15) is 13.2 Å². The van der Waals surface area contributed by atoms with Gasteiger partial charge in [-0.3, -0.25) is 14.7 Å². The second kappa shape index (κ2) is 11.2. The number of pyridine rings is 1. The highest BCUT2D eigenvalue weighted by Gasteiger charge is 2.27. The number of hydrogen-bond donors (Lipinski definition) is 0. The van der Waals surface area contributed by atoms with Crippen LogP contribution in [0.4, 0.5) is 5.13 Å². The molecule has 38 heavy (non-hydrogen) atoms. The quantitative estimate of drug-likeness (QED) is 0.304. The van der Waals surface area contributed by atoms with E-state index in [0.29, 0.717) is 29.6 Å². The molecule has 0 aliphatic carbocycles. The van der Waals surface area contributed by atoms with E-state index >= 15 is 0 Å². The Balaban J connectivity index is 1.42. The lowest BCUT2D eigenvalue weighted by atomic mass is 10.2. The van der Waals surface area contributed by atoms with E-state index in [4.69, 9.17) is 14.5 Å². The van der Waals surface area contributed by atoms with E-state index < -0.39 is 10.0 Å². The van der Waals surface area contributed by atoms with Gasteiger partial charge in [0.1, 0.15) is 5.75 Å². The number of sulfonamides is 1. The molecule has 1 fully saturated rings. The highest BCUT2D eigenvalue weighted by Crippen LogP contribution is 2.33. The molecule has 198 valence electrons. The second-order valence-corrected chi connectivity index (χ2v) is 12.1. The van der Waals surface area contributed by atoms with Gasteiger partial charge in [0, 0.05) is 44.2 Å². The molecule has 0 bridgehead atoms. The van der Waals surface area contributed by atoms with Crippen LogP contribution in [0.2, 0.25) is 0 Å². The van der Waals surface area contributed by atoms with E-state index in [1.807, 2.05) is 30.3 Å². The molecule has 1 unspecified atom stereocenters. The number of fused-ring (bicyclic) bond motifs is 1. The molecule has 0 spiro atoms. The number of likely N-dealkylation sites (N-methyl/N-ethyl adjacent to an activating group) is 1. The molecule has 0 saturated carbocycles. The van der Waals surface area contributed by atoms with Gasteiger partial charge in [0.15, 0.2) is 5.13 Å². The van der Waals surface area contributed by atoms with Gasteiger partial charge in [-0.2, -0.15) is 4.31 Å². The minimum Gasteiger partial charge on any atom is -0.497 e. The Morgan fingerprint density at radius 2 is 2.00 bits per heavy atom. The van der Waals surface area contributed by atoms with Crippen molar-refractivity contribution in [3.8, 4) is 5.75 Å². The van der Waals surface area contributed by atoms with Gasteiger partial charge in [0.25, 0.3) is 5.91 Å². The van der Waals surface area contributed by atoms with Crippen LogP contribution in [-0.4, -0.2) is 62.0 Å². The highest BCUT2D eigenvalue weighted by atomic mass is 32.2. The van der Waals surface area contributed by atoms with Crippen molar-refractivity contribution in [2.45, 2.75) is 30.4 Å². The monoisotopic (exact) mass is 552 g/mol. The summed E-state index contributed by atoms with van der Waals surface area (Å²) < 4.78 is 39.3. The lowest BCUT2D eigenvalue weighted by Gasteiger charge is -2.21. The third-order valence-electron chi connectivity index (χ3n) is 6.42. The van der Waals surface area contributed by atoms with Crippen molar-refractivity contribution in [3.05, 3.63) is 78.1 Å². The fourth-order valence-corrected chi connectivity index (χ4v) is 6.46. The molecule has 1 amide bonds. The molecule has 1 aliphatic rings. The van der Waals surface area contributed by atoms with E-state index in [1.165, 1.54) is 27.8 Å². The van der Waals surface area contributed by atoms with Gasteiger partial charge in [-0.1, -0.05) is 17.4 Å².